The first-order valence-electron chi connectivity index (χ1n) is 4.97. The quantitative estimate of drug-likeness (QED) is 0.787. The average Bonchev–Trinajstić information content (AvgIpc) is 2.41. The van der Waals surface area contributed by atoms with E-state index in [9.17, 15) is 4.79 Å². The van der Waals surface area contributed by atoms with E-state index in [-0.39, 0.29) is 5.91 Å². The minimum Gasteiger partial charge on any atom is -0.366 e. The topological polar surface area (TPSA) is 48.0 Å². The Balaban J connectivity index is 3.24. The van der Waals surface area contributed by atoms with Crippen molar-refractivity contribution in [2.45, 2.75) is 40.2 Å². The summed E-state index contributed by atoms with van der Waals surface area (Å²) in [6.45, 7) is 8.23. The van der Waals surface area contributed by atoms with Crippen LogP contribution in [0.15, 0.2) is 6.07 Å². The van der Waals surface area contributed by atoms with Crippen LogP contribution in [-0.4, -0.2) is 10.5 Å². The van der Waals surface area contributed by atoms with Gasteiger partial charge in [0.25, 0.3) is 5.91 Å². The second-order valence-electron chi connectivity index (χ2n) is 3.78. The highest BCUT2D eigenvalue weighted by atomic mass is 16.1. The summed E-state index contributed by atoms with van der Waals surface area (Å²) in [6.07, 6.45) is 1.05. The molecule has 0 saturated heterocycles. The van der Waals surface area contributed by atoms with Gasteiger partial charge in [0.15, 0.2) is 0 Å². The van der Waals surface area contributed by atoms with Crippen LogP contribution in [0.5, 0.6) is 0 Å². The molecule has 0 saturated carbocycles. The van der Waals surface area contributed by atoms with Gasteiger partial charge in [-0.15, -0.1) is 0 Å². The summed E-state index contributed by atoms with van der Waals surface area (Å²) < 4.78 is 2.17. The molecule has 1 atom stereocenters. The van der Waals surface area contributed by atoms with Crippen molar-refractivity contribution < 1.29 is 4.79 Å². The van der Waals surface area contributed by atoms with Gasteiger partial charge in [0.2, 0.25) is 0 Å². The van der Waals surface area contributed by atoms with Gasteiger partial charge in [0.05, 0.1) is 5.56 Å². The molecular weight excluding hydrogens is 176 g/mol. The van der Waals surface area contributed by atoms with Crippen molar-refractivity contribution in [3.8, 4) is 0 Å². The molecule has 1 aromatic heterocycles. The molecule has 0 aromatic carbocycles. The lowest BCUT2D eigenvalue weighted by Crippen LogP contribution is -2.13. The molecule has 0 radical (unpaired) electrons. The molecule has 1 amide bonds. The molecule has 0 spiro atoms. The number of rotatable bonds is 3. The third kappa shape index (κ3) is 1.67. The van der Waals surface area contributed by atoms with E-state index in [4.69, 9.17) is 5.73 Å². The minimum atomic E-state index is -0.340. The maximum Gasteiger partial charge on any atom is 0.250 e. The zero-order valence-electron chi connectivity index (χ0n) is 9.29. The standard InChI is InChI=1S/C11H18N2O/c1-5-7(2)13-8(3)6-10(9(13)4)11(12)14/h6-7H,5H2,1-4H3,(H2,12,14). The summed E-state index contributed by atoms with van der Waals surface area (Å²) in [4.78, 5) is 11.1. The lowest BCUT2D eigenvalue weighted by atomic mass is 10.2. The number of nitrogens with zero attached hydrogens (tertiary/aromatic N) is 1. The Morgan fingerprint density at radius 2 is 2.14 bits per heavy atom. The SMILES string of the molecule is CCC(C)n1c(C)cc(C(N)=O)c1C. The zero-order chi connectivity index (χ0) is 10.9. The van der Waals surface area contributed by atoms with Crippen molar-refractivity contribution in [1.29, 1.82) is 0 Å². The largest absolute Gasteiger partial charge is 0.366 e. The molecule has 1 rings (SSSR count). The molecule has 0 bridgehead atoms. The molecule has 1 heterocycles. The normalized spacial score (nSPS) is 12.9. The highest BCUT2D eigenvalue weighted by Gasteiger charge is 2.15. The van der Waals surface area contributed by atoms with E-state index >= 15 is 0 Å². The summed E-state index contributed by atoms with van der Waals surface area (Å²) in [6, 6.07) is 2.28. The van der Waals surface area contributed by atoms with Crippen molar-refractivity contribution in [3.05, 3.63) is 23.0 Å². The Labute approximate surface area is 84.9 Å². The first kappa shape index (κ1) is 10.8. The van der Waals surface area contributed by atoms with Crippen molar-refractivity contribution in [3.63, 3.8) is 0 Å². The molecule has 1 unspecified atom stereocenters. The van der Waals surface area contributed by atoms with Crippen LogP contribution in [0.4, 0.5) is 0 Å². The number of hydrogen-bond donors (Lipinski definition) is 1. The smallest absolute Gasteiger partial charge is 0.250 e. The molecule has 0 fully saturated rings. The summed E-state index contributed by atoms with van der Waals surface area (Å²) in [7, 11) is 0. The van der Waals surface area contributed by atoms with Gasteiger partial charge in [-0.25, -0.2) is 0 Å². The van der Waals surface area contributed by atoms with E-state index in [1.54, 1.807) is 0 Å². The van der Waals surface area contributed by atoms with E-state index < -0.39 is 0 Å². The molecule has 0 aliphatic carbocycles. The molecular formula is C11H18N2O. The first-order valence-corrected chi connectivity index (χ1v) is 4.97. The van der Waals surface area contributed by atoms with Crippen LogP contribution >= 0.6 is 0 Å². The molecule has 0 aliphatic rings. The third-order valence-corrected chi connectivity index (χ3v) is 2.78. The van der Waals surface area contributed by atoms with Crippen molar-refractivity contribution >= 4 is 5.91 Å². The Kier molecular flexibility index (Phi) is 2.99. The minimum absolute atomic E-state index is 0.340. The van der Waals surface area contributed by atoms with Crippen LogP contribution < -0.4 is 5.73 Å². The summed E-state index contributed by atoms with van der Waals surface area (Å²) in [5.74, 6) is -0.340. The molecule has 1 aromatic rings. The van der Waals surface area contributed by atoms with Crippen LogP contribution in [-0.2, 0) is 0 Å². The predicted molar refractivity (Wildman–Crippen MR) is 57.4 cm³/mol. The Morgan fingerprint density at radius 1 is 1.57 bits per heavy atom. The van der Waals surface area contributed by atoms with E-state index in [0.29, 0.717) is 11.6 Å². The van der Waals surface area contributed by atoms with Crippen LogP contribution in [0, 0.1) is 13.8 Å². The number of hydrogen-bond acceptors (Lipinski definition) is 1. The van der Waals surface area contributed by atoms with Gasteiger partial charge in [-0.3, -0.25) is 4.79 Å². The number of nitrogens with two attached hydrogens (primary N) is 1. The van der Waals surface area contributed by atoms with Crippen molar-refractivity contribution in [2.75, 3.05) is 0 Å². The highest BCUT2D eigenvalue weighted by molar-refractivity contribution is 5.94. The van der Waals surface area contributed by atoms with E-state index in [1.807, 2.05) is 19.9 Å². The second-order valence-corrected chi connectivity index (χ2v) is 3.78. The van der Waals surface area contributed by atoms with Crippen molar-refractivity contribution in [2.24, 2.45) is 5.73 Å². The van der Waals surface area contributed by atoms with Crippen LogP contribution in [0.3, 0.4) is 0 Å². The Bertz CT molecular complexity index is 352. The summed E-state index contributed by atoms with van der Waals surface area (Å²) >= 11 is 0. The van der Waals surface area contributed by atoms with Crippen LogP contribution in [0.25, 0.3) is 0 Å². The fraction of sp³-hybridized carbons (Fsp3) is 0.545. The number of carbonyl (C=O) groups is 1. The van der Waals surface area contributed by atoms with Gasteiger partial charge in [0.1, 0.15) is 0 Å². The number of primary amides is 1. The molecule has 0 aliphatic heterocycles. The Hall–Kier alpha value is -1.25. The van der Waals surface area contributed by atoms with E-state index in [2.05, 4.69) is 18.4 Å². The monoisotopic (exact) mass is 194 g/mol. The number of aryl methyl sites for hydroxylation is 1. The van der Waals surface area contributed by atoms with Crippen LogP contribution in [0.1, 0.15) is 48.1 Å². The average molecular weight is 194 g/mol. The molecule has 14 heavy (non-hydrogen) atoms. The molecule has 3 heteroatoms. The maximum absolute atomic E-state index is 11.1. The fourth-order valence-electron chi connectivity index (χ4n) is 1.89. The van der Waals surface area contributed by atoms with Crippen molar-refractivity contribution in [1.82, 2.24) is 4.57 Å². The number of amides is 1. The summed E-state index contributed by atoms with van der Waals surface area (Å²) in [5.41, 5.74) is 8.01. The van der Waals surface area contributed by atoms with Gasteiger partial charge < -0.3 is 10.3 Å². The van der Waals surface area contributed by atoms with Gasteiger partial charge in [-0.1, -0.05) is 6.92 Å². The fourth-order valence-corrected chi connectivity index (χ4v) is 1.89. The van der Waals surface area contributed by atoms with Gasteiger partial charge in [-0.2, -0.15) is 0 Å². The maximum atomic E-state index is 11.1. The predicted octanol–water partition coefficient (Wildman–Crippen LogP) is 2.17. The van der Waals surface area contributed by atoms with Crippen LogP contribution in [0.2, 0.25) is 0 Å². The highest BCUT2D eigenvalue weighted by Crippen LogP contribution is 2.21. The number of aromatic nitrogens is 1. The lowest BCUT2D eigenvalue weighted by molar-refractivity contribution is 0.0999. The molecule has 78 valence electrons. The first-order chi connectivity index (χ1) is 6.49. The summed E-state index contributed by atoms with van der Waals surface area (Å²) in [5, 5.41) is 0. The van der Waals surface area contributed by atoms with E-state index in [0.717, 1.165) is 17.8 Å². The van der Waals surface area contributed by atoms with Gasteiger partial charge in [-0.05, 0) is 33.3 Å². The second kappa shape index (κ2) is 3.86. The third-order valence-electron chi connectivity index (χ3n) is 2.78. The number of carbonyl (C=O) groups excluding carboxylic acids is 1. The van der Waals surface area contributed by atoms with E-state index in [1.165, 1.54) is 0 Å². The zero-order valence-corrected chi connectivity index (χ0v) is 9.29. The van der Waals surface area contributed by atoms with Gasteiger partial charge in [0, 0.05) is 17.4 Å². The lowest BCUT2D eigenvalue weighted by Gasteiger charge is -2.16. The Morgan fingerprint density at radius 3 is 2.50 bits per heavy atom. The van der Waals surface area contributed by atoms with Gasteiger partial charge >= 0.3 is 0 Å². The molecule has 3 nitrogen and oxygen atoms in total. The molecule has 2 N–H and O–H groups in total.